The molecule has 0 unspecified atom stereocenters. The second-order valence-electron chi connectivity index (χ2n) is 6.18. The first-order chi connectivity index (χ1) is 11.7. The third-order valence-corrected chi connectivity index (χ3v) is 4.33. The fourth-order valence-electron chi connectivity index (χ4n) is 3.01. The number of nitrogens with zero attached hydrogens (tertiary/aromatic N) is 2. The molecular weight excluding hydrogens is 308 g/mol. The zero-order valence-electron chi connectivity index (χ0n) is 14.4. The van der Waals surface area contributed by atoms with Crippen LogP contribution >= 0.6 is 0 Å². The van der Waals surface area contributed by atoms with E-state index < -0.39 is 0 Å². The third-order valence-electron chi connectivity index (χ3n) is 4.33. The lowest BCUT2D eigenvalue weighted by atomic mass is 10.0. The van der Waals surface area contributed by atoms with Crippen molar-refractivity contribution in [2.75, 3.05) is 20.8 Å². The second kappa shape index (κ2) is 7.66. The Morgan fingerprint density at radius 2 is 2.08 bits per heavy atom. The molecule has 0 N–H and O–H groups in total. The van der Waals surface area contributed by atoms with Crippen molar-refractivity contribution in [1.29, 1.82) is 0 Å². The molecule has 1 fully saturated rings. The topological polar surface area (TPSA) is 66.6 Å². The van der Waals surface area contributed by atoms with Crippen molar-refractivity contribution >= 4 is 0 Å². The summed E-state index contributed by atoms with van der Waals surface area (Å²) in [5.41, 5.74) is 1.14. The molecule has 6 nitrogen and oxygen atoms in total. The maximum atomic E-state index is 5.62. The minimum Gasteiger partial charge on any atom is -0.493 e. The quantitative estimate of drug-likeness (QED) is 0.776. The predicted molar refractivity (Wildman–Crippen MR) is 88.6 cm³/mol. The van der Waals surface area contributed by atoms with Crippen LogP contribution in [0, 0.1) is 0 Å². The predicted octanol–water partition coefficient (Wildman–Crippen LogP) is 3.15. The van der Waals surface area contributed by atoms with Crippen LogP contribution in [0.5, 0.6) is 11.5 Å². The molecule has 3 rings (SSSR count). The molecule has 2 atom stereocenters. The van der Waals surface area contributed by atoms with E-state index in [4.69, 9.17) is 18.7 Å². The Morgan fingerprint density at radius 1 is 1.25 bits per heavy atom. The lowest BCUT2D eigenvalue weighted by molar-refractivity contribution is 0.109. The number of benzene rings is 1. The Balaban J connectivity index is 1.64. The summed E-state index contributed by atoms with van der Waals surface area (Å²) in [5.74, 6) is 2.99. The van der Waals surface area contributed by atoms with Crippen molar-refractivity contribution in [3.8, 4) is 11.5 Å². The Morgan fingerprint density at radius 3 is 2.79 bits per heavy atom. The van der Waals surface area contributed by atoms with Crippen molar-refractivity contribution in [2.45, 2.75) is 44.6 Å². The highest BCUT2D eigenvalue weighted by molar-refractivity contribution is 5.43. The van der Waals surface area contributed by atoms with Gasteiger partial charge < -0.3 is 18.7 Å². The molecule has 1 aromatic heterocycles. The fraction of sp³-hybridized carbons (Fsp3) is 0.556. The van der Waals surface area contributed by atoms with E-state index in [1.807, 2.05) is 18.2 Å². The van der Waals surface area contributed by atoms with E-state index in [-0.39, 0.29) is 12.0 Å². The van der Waals surface area contributed by atoms with Gasteiger partial charge in [-0.25, -0.2) is 0 Å². The van der Waals surface area contributed by atoms with Crippen molar-refractivity contribution in [3.05, 3.63) is 35.5 Å². The van der Waals surface area contributed by atoms with Gasteiger partial charge in [0, 0.05) is 18.9 Å². The summed E-state index contributed by atoms with van der Waals surface area (Å²) in [6, 6.07) is 5.93. The van der Waals surface area contributed by atoms with E-state index in [1.54, 1.807) is 14.2 Å². The Kier molecular flexibility index (Phi) is 5.35. The van der Waals surface area contributed by atoms with Crippen molar-refractivity contribution in [2.24, 2.45) is 0 Å². The molecular formula is C18H24N2O4. The smallest absolute Gasteiger partial charge is 0.229 e. The van der Waals surface area contributed by atoms with E-state index in [9.17, 15) is 0 Å². The molecule has 1 saturated heterocycles. The summed E-state index contributed by atoms with van der Waals surface area (Å²) in [7, 11) is 3.27. The number of aromatic nitrogens is 2. The van der Waals surface area contributed by atoms with Crippen molar-refractivity contribution in [3.63, 3.8) is 0 Å². The van der Waals surface area contributed by atoms with E-state index in [1.165, 1.54) is 0 Å². The van der Waals surface area contributed by atoms with Gasteiger partial charge in [0.15, 0.2) is 17.3 Å². The van der Waals surface area contributed by atoms with E-state index >= 15 is 0 Å². The molecule has 0 spiro atoms. The summed E-state index contributed by atoms with van der Waals surface area (Å²) >= 11 is 0. The van der Waals surface area contributed by atoms with Crippen molar-refractivity contribution in [1.82, 2.24) is 10.1 Å². The van der Waals surface area contributed by atoms with Gasteiger partial charge in [0.05, 0.1) is 20.3 Å². The Bertz CT molecular complexity index is 665. The number of hydrogen-bond acceptors (Lipinski definition) is 6. The number of rotatable bonds is 7. The molecule has 1 aromatic carbocycles. The summed E-state index contributed by atoms with van der Waals surface area (Å²) in [5, 5.41) is 4.09. The van der Waals surface area contributed by atoms with Gasteiger partial charge in [0.25, 0.3) is 0 Å². The van der Waals surface area contributed by atoms with E-state index in [0.29, 0.717) is 5.89 Å². The normalized spacial score (nSPS) is 18.5. The monoisotopic (exact) mass is 332 g/mol. The highest BCUT2D eigenvalue weighted by Crippen LogP contribution is 2.30. The van der Waals surface area contributed by atoms with Crippen LogP contribution in [0.3, 0.4) is 0 Å². The summed E-state index contributed by atoms with van der Waals surface area (Å²) < 4.78 is 21.7. The second-order valence-corrected chi connectivity index (χ2v) is 6.18. The molecule has 130 valence electrons. The van der Waals surface area contributed by atoms with Gasteiger partial charge >= 0.3 is 0 Å². The average molecular weight is 332 g/mol. The highest BCUT2D eigenvalue weighted by atomic mass is 16.5. The third kappa shape index (κ3) is 3.87. The molecule has 0 saturated carbocycles. The summed E-state index contributed by atoms with van der Waals surface area (Å²) in [6.45, 7) is 2.92. The van der Waals surface area contributed by atoms with Crippen LogP contribution in [0.1, 0.15) is 43.0 Å². The number of hydrogen-bond donors (Lipinski definition) is 0. The molecule has 2 aromatic rings. The van der Waals surface area contributed by atoms with Crippen molar-refractivity contribution < 1.29 is 18.7 Å². The van der Waals surface area contributed by atoms with Crippen LogP contribution in [0.15, 0.2) is 22.7 Å². The van der Waals surface area contributed by atoms with Gasteiger partial charge in [-0.15, -0.1) is 0 Å². The summed E-state index contributed by atoms with van der Waals surface area (Å²) in [4.78, 5) is 4.53. The van der Waals surface area contributed by atoms with E-state index in [0.717, 1.165) is 55.2 Å². The molecule has 0 aliphatic carbocycles. The number of ether oxygens (including phenoxy) is 3. The minimum atomic E-state index is 0.133. The largest absolute Gasteiger partial charge is 0.493 e. The average Bonchev–Trinajstić information content (AvgIpc) is 3.27. The molecule has 0 bridgehead atoms. The number of methoxy groups -OCH3 is 2. The molecule has 24 heavy (non-hydrogen) atoms. The molecule has 0 radical (unpaired) electrons. The van der Waals surface area contributed by atoms with Crippen LogP contribution in [0.25, 0.3) is 0 Å². The SMILES string of the molecule is COc1ccc(C[C@@H](C)c2nc(C[C@H]3CCCO3)no2)cc1OC. The zero-order chi connectivity index (χ0) is 16.9. The first-order valence-electron chi connectivity index (χ1n) is 8.34. The van der Waals surface area contributed by atoms with Gasteiger partial charge in [-0.3, -0.25) is 0 Å². The fourth-order valence-corrected chi connectivity index (χ4v) is 3.01. The molecule has 0 amide bonds. The van der Waals surface area contributed by atoms with Crippen LogP contribution < -0.4 is 9.47 Å². The zero-order valence-corrected chi connectivity index (χ0v) is 14.4. The van der Waals surface area contributed by atoms with Crippen LogP contribution in [-0.2, 0) is 17.6 Å². The Hall–Kier alpha value is -2.08. The Labute approximate surface area is 142 Å². The highest BCUT2D eigenvalue weighted by Gasteiger charge is 2.21. The first kappa shape index (κ1) is 16.8. The maximum Gasteiger partial charge on any atom is 0.229 e. The first-order valence-corrected chi connectivity index (χ1v) is 8.34. The van der Waals surface area contributed by atoms with Gasteiger partial charge in [-0.1, -0.05) is 18.1 Å². The molecule has 1 aliphatic rings. The minimum absolute atomic E-state index is 0.133. The van der Waals surface area contributed by atoms with Crippen LogP contribution in [0.2, 0.25) is 0 Å². The lowest BCUT2D eigenvalue weighted by Crippen LogP contribution is -2.10. The molecule has 1 aliphatic heterocycles. The van der Waals surface area contributed by atoms with Gasteiger partial charge in [-0.05, 0) is 37.0 Å². The standard InChI is InChI=1S/C18H24N2O4/c1-12(9-13-6-7-15(21-2)16(10-13)22-3)18-19-17(20-24-18)11-14-5-4-8-23-14/h6-7,10,12,14H,4-5,8-9,11H2,1-3H3/t12-,14-/m1/s1. The van der Waals surface area contributed by atoms with Gasteiger partial charge in [-0.2, -0.15) is 4.98 Å². The molecule has 6 heteroatoms. The van der Waals surface area contributed by atoms with Crippen LogP contribution in [-0.4, -0.2) is 37.1 Å². The van der Waals surface area contributed by atoms with E-state index in [2.05, 4.69) is 17.1 Å². The van der Waals surface area contributed by atoms with Crippen LogP contribution in [0.4, 0.5) is 0 Å². The lowest BCUT2D eigenvalue weighted by Gasteiger charge is -2.11. The van der Waals surface area contributed by atoms with Gasteiger partial charge in [0.2, 0.25) is 5.89 Å². The maximum absolute atomic E-state index is 5.62. The molecule has 2 heterocycles. The van der Waals surface area contributed by atoms with Gasteiger partial charge in [0.1, 0.15) is 0 Å². The summed E-state index contributed by atoms with van der Waals surface area (Å²) in [6.07, 6.45) is 3.95.